The minimum Gasteiger partial charge on any atom is -0.481 e. The van der Waals surface area contributed by atoms with Gasteiger partial charge in [-0.15, -0.1) is 0 Å². The Labute approximate surface area is 205 Å². The maximum atomic E-state index is 14.1. The standard InChI is InChI=1S/C29H31FN2O3/c1-4-26(29(34)31-23-12-9-19(3)10-13-23)35-24-14-11-20-15-16-32(27(33)5-2)28(25(20)18-24)21-7-6-8-22(30)17-21/h6-14,17-18,26,28H,4-5,15-16H2,1-3H3,(H,31,34)/t26-,28+/m0/s1. The van der Waals surface area contributed by atoms with E-state index in [2.05, 4.69) is 5.32 Å². The number of nitrogens with one attached hydrogen (secondary N) is 1. The van der Waals surface area contributed by atoms with Gasteiger partial charge in [0, 0.05) is 18.7 Å². The van der Waals surface area contributed by atoms with E-state index in [9.17, 15) is 14.0 Å². The van der Waals surface area contributed by atoms with Gasteiger partial charge in [-0.25, -0.2) is 4.39 Å². The van der Waals surface area contributed by atoms with Crippen LogP contribution in [-0.4, -0.2) is 29.4 Å². The molecule has 1 aliphatic rings. The number of halogens is 1. The molecule has 0 saturated heterocycles. The lowest BCUT2D eigenvalue weighted by molar-refractivity contribution is -0.133. The first-order chi connectivity index (χ1) is 16.9. The van der Waals surface area contributed by atoms with E-state index in [0.29, 0.717) is 42.8 Å². The number of hydrogen-bond donors (Lipinski definition) is 1. The van der Waals surface area contributed by atoms with Gasteiger partial charge in [-0.1, -0.05) is 49.7 Å². The van der Waals surface area contributed by atoms with Crippen molar-refractivity contribution in [2.45, 2.75) is 52.2 Å². The van der Waals surface area contributed by atoms with Gasteiger partial charge in [0.15, 0.2) is 6.10 Å². The number of ether oxygens (including phenoxy) is 1. The highest BCUT2D eigenvalue weighted by Crippen LogP contribution is 2.38. The quantitative estimate of drug-likeness (QED) is 0.470. The number of rotatable bonds is 7. The Kier molecular flexibility index (Phi) is 7.49. The highest BCUT2D eigenvalue weighted by atomic mass is 19.1. The molecule has 5 nitrogen and oxygen atoms in total. The van der Waals surface area contributed by atoms with E-state index in [1.165, 1.54) is 12.1 Å². The van der Waals surface area contributed by atoms with Crippen molar-refractivity contribution in [2.24, 2.45) is 0 Å². The molecule has 0 saturated carbocycles. The van der Waals surface area contributed by atoms with Gasteiger partial charge in [-0.3, -0.25) is 9.59 Å². The van der Waals surface area contributed by atoms with E-state index < -0.39 is 12.1 Å². The van der Waals surface area contributed by atoms with Crippen molar-refractivity contribution >= 4 is 17.5 Å². The van der Waals surface area contributed by atoms with Crippen LogP contribution in [0.4, 0.5) is 10.1 Å². The van der Waals surface area contributed by atoms with Gasteiger partial charge in [0.1, 0.15) is 11.6 Å². The van der Waals surface area contributed by atoms with Crippen LogP contribution < -0.4 is 10.1 Å². The van der Waals surface area contributed by atoms with Crippen LogP contribution in [0.15, 0.2) is 66.7 Å². The molecule has 1 heterocycles. The lowest BCUT2D eigenvalue weighted by Crippen LogP contribution is -2.40. The van der Waals surface area contributed by atoms with Crippen molar-refractivity contribution in [3.63, 3.8) is 0 Å². The first-order valence-corrected chi connectivity index (χ1v) is 12.1. The average molecular weight is 475 g/mol. The summed E-state index contributed by atoms with van der Waals surface area (Å²) in [6, 6.07) is 19.3. The molecule has 1 N–H and O–H groups in total. The maximum Gasteiger partial charge on any atom is 0.265 e. The summed E-state index contributed by atoms with van der Waals surface area (Å²) in [7, 11) is 0. The number of aryl methyl sites for hydroxylation is 1. The second kappa shape index (κ2) is 10.7. The van der Waals surface area contributed by atoms with Crippen molar-refractivity contribution in [1.29, 1.82) is 0 Å². The molecule has 6 heteroatoms. The minimum absolute atomic E-state index is 0.0140. The molecule has 0 fully saturated rings. The Morgan fingerprint density at radius 1 is 1.09 bits per heavy atom. The van der Waals surface area contributed by atoms with Gasteiger partial charge >= 0.3 is 0 Å². The van der Waals surface area contributed by atoms with Crippen LogP contribution in [0.25, 0.3) is 0 Å². The Balaban J connectivity index is 1.62. The summed E-state index contributed by atoms with van der Waals surface area (Å²) in [4.78, 5) is 27.5. The van der Waals surface area contributed by atoms with Gasteiger partial charge < -0.3 is 15.0 Å². The zero-order valence-corrected chi connectivity index (χ0v) is 20.4. The van der Waals surface area contributed by atoms with Crippen LogP contribution >= 0.6 is 0 Å². The number of hydrogen-bond acceptors (Lipinski definition) is 3. The molecule has 3 aromatic rings. The lowest BCUT2D eigenvalue weighted by Gasteiger charge is -2.38. The third-order valence-corrected chi connectivity index (χ3v) is 6.39. The van der Waals surface area contributed by atoms with E-state index in [4.69, 9.17) is 4.74 Å². The topological polar surface area (TPSA) is 58.6 Å². The Morgan fingerprint density at radius 3 is 2.54 bits per heavy atom. The third-order valence-electron chi connectivity index (χ3n) is 6.39. The van der Waals surface area contributed by atoms with Crippen LogP contribution in [0.2, 0.25) is 0 Å². The molecular formula is C29H31FN2O3. The van der Waals surface area contributed by atoms with Gasteiger partial charge in [0.05, 0.1) is 6.04 Å². The highest BCUT2D eigenvalue weighted by molar-refractivity contribution is 5.94. The first kappa shape index (κ1) is 24.5. The number of anilines is 1. The molecule has 0 unspecified atom stereocenters. The largest absolute Gasteiger partial charge is 0.481 e. The predicted molar refractivity (Wildman–Crippen MR) is 135 cm³/mol. The molecule has 0 aliphatic carbocycles. The normalized spacial score (nSPS) is 15.8. The fourth-order valence-electron chi connectivity index (χ4n) is 4.52. The molecule has 182 valence electrons. The monoisotopic (exact) mass is 474 g/mol. The second-order valence-corrected chi connectivity index (χ2v) is 8.88. The number of nitrogens with zero attached hydrogens (tertiary/aromatic N) is 1. The number of carbonyl (C=O) groups excluding carboxylic acids is 2. The first-order valence-electron chi connectivity index (χ1n) is 12.1. The van der Waals surface area contributed by atoms with Crippen LogP contribution in [0, 0.1) is 12.7 Å². The Morgan fingerprint density at radius 2 is 1.86 bits per heavy atom. The van der Waals surface area contributed by atoms with E-state index in [1.54, 1.807) is 6.07 Å². The summed E-state index contributed by atoms with van der Waals surface area (Å²) in [5, 5.41) is 2.91. The fraction of sp³-hybridized carbons (Fsp3) is 0.310. The van der Waals surface area contributed by atoms with Crippen LogP contribution in [0.1, 0.15) is 55.0 Å². The third kappa shape index (κ3) is 5.53. The van der Waals surface area contributed by atoms with Gasteiger partial charge in [0.25, 0.3) is 5.91 Å². The number of carbonyl (C=O) groups is 2. The molecule has 0 aromatic heterocycles. The molecule has 0 radical (unpaired) electrons. The molecule has 0 spiro atoms. The van der Waals surface area contributed by atoms with E-state index in [-0.39, 0.29) is 17.6 Å². The second-order valence-electron chi connectivity index (χ2n) is 8.88. The molecule has 2 amide bonds. The Hall–Kier alpha value is -3.67. The lowest BCUT2D eigenvalue weighted by atomic mass is 9.87. The minimum atomic E-state index is -0.682. The summed E-state index contributed by atoms with van der Waals surface area (Å²) in [6.45, 7) is 6.29. The number of fused-ring (bicyclic) bond motifs is 1. The molecule has 2 atom stereocenters. The Bertz CT molecular complexity index is 1210. The summed E-state index contributed by atoms with van der Waals surface area (Å²) in [6.07, 6.45) is 0.883. The van der Waals surface area contributed by atoms with E-state index in [0.717, 1.165) is 16.7 Å². The molecule has 35 heavy (non-hydrogen) atoms. The van der Waals surface area contributed by atoms with E-state index >= 15 is 0 Å². The van der Waals surface area contributed by atoms with E-state index in [1.807, 2.05) is 74.2 Å². The molecule has 1 aliphatic heterocycles. The van der Waals surface area contributed by atoms with Crippen LogP contribution in [0.5, 0.6) is 5.75 Å². The van der Waals surface area contributed by atoms with Gasteiger partial charge in [-0.2, -0.15) is 0 Å². The maximum absolute atomic E-state index is 14.1. The van der Waals surface area contributed by atoms with Crippen molar-refractivity contribution < 1.29 is 18.7 Å². The van der Waals surface area contributed by atoms with Crippen LogP contribution in [-0.2, 0) is 16.0 Å². The summed E-state index contributed by atoms with van der Waals surface area (Å²) < 4.78 is 20.3. The fourth-order valence-corrected chi connectivity index (χ4v) is 4.52. The zero-order chi connectivity index (χ0) is 24.9. The molecular weight excluding hydrogens is 443 g/mol. The SMILES string of the molecule is CCC(=O)N1CCc2ccc(O[C@@H](CC)C(=O)Nc3ccc(C)cc3)cc2[C@H]1c1cccc(F)c1. The molecule has 3 aromatic carbocycles. The molecule has 0 bridgehead atoms. The van der Waals surface area contributed by atoms with Crippen molar-refractivity contribution in [1.82, 2.24) is 4.90 Å². The number of benzene rings is 3. The molecule has 4 rings (SSSR count). The summed E-state index contributed by atoms with van der Waals surface area (Å²) in [5.74, 6) is -0.00899. The number of amides is 2. The van der Waals surface area contributed by atoms with Crippen LogP contribution in [0.3, 0.4) is 0 Å². The summed E-state index contributed by atoms with van der Waals surface area (Å²) in [5.41, 5.74) is 4.53. The predicted octanol–water partition coefficient (Wildman–Crippen LogP) is 5.81. The van der Waals surface area contributed by atoms with Gasteiger partial charge in [0.2, 0.25) is 5.91 Å². The average Bonchev–Trinajstić information content (AvgIpc) is 2.87. The van der Waals surface area contributed by atoms with Gasteiger partial charge in [-0.05, 0) is 72.9 Å². The smallest absolute Gasteiger partial charge is 0.265 e. The zero-order valence-electron chi connectivity index (χ0n) is 20.4. The summed E-state index contributed by atoms with van der Waals surface area (Å²) >= 11 is 0. The van der Waals surface area contributed by atoms with Crippen molar-refractivity contribution in [3.8, 4) is 5.75 Å². The van der Waals surface area contributed by atoms with Crippen molar-refractivity contribution in [3.05, 3.63) is 94.8 Å². The highest BCUT2D eigenvalue weighted by Gasteiger charge is 2.32. The van der Waals surface area contributed by atoms with Crippen molar-refractivity contribution in [2.75, 3.05) is 11.9 Å².